The Hall–Kier alpha value is -0.610. The SMILES string of the molecule is CC1(C)CN(C(=O)C2CCCCC2CN)CC(C)(C)O1. The minimum Gasteiger partial charge on any atom is -0.366 e. The van der Waals surface area contributed by atoms with Gasteiger partial charge in [0.15, 0.2) is 0 Å². The smallest absolute Gasteiger partial charge is 0.226 e. The summed E-state index contributed by atoms with van der Waals surface area (Å²) in [7, 11) is 0. The van der Waals surface area contributed by atoms with Crippen LogP contribution in [0.4, 0.5) is 0 Å². The van der Waals surface area contributed by atoms with Crippen LogP contribution >= 0.6 is 0 Å². The quantitative estimate of drug-likeness (QED) is 0.844. The minimum absolute atomic E-state index is 0.124. The van der Waals surface area contributed by atoms with E-state index in [-0.39, 0.29) is 17.1 Å². The van der Waals surface area contributed by atoms with Gasteiger partial charge in [0.25, 0.3) is 0 Å². The van der Waals surface area contributed by atoms with Gasteiger partial charge in [0, 0.05) is 19.0 Å². The van der Waals surface area contributed by atoms with Crippen LogP contribution in [0.3, 0.4) is 0 Å². The van der Waals surface area contributed by atoms with E-state index in [1.807, 2.05) is 4.90 Å². The Kier molecular flexibility index (Phi) is 4.45. The number of carbonyl (C=O) groups excluding carboxylic acids is 1. The molecule has 4 heteroatoms. The molecule has 4 nitrogen and oxygen atoms in total. The van der Waals surface area contributed by atoms with Crippen molar-refractivity contribution in [3.8, 4) is 0 Å². The molecule has 2 unspecified atom stereocenters. The van der Waals surface area contributed by atoms with Crippen LogP contribution in [0.25, 0.3) is 0 Å². The van der Waals surface area contributed by atoms with E-state index in [4.69, 9.17) is 10.5 Å². The van der Waals surface area contributed by atoms with Gasteiger partial charge >= 0.3 is 0 Å². The molecule has 0 aromatic rings. The van der Waals surface area contributed by atoms with Crippen molar-refractivity contribution in [2.45, 2.75) is 64.6 Å². The van der Waals surface area contributed by atoms with Crippen LogP contribution in [0.15, 0.2) is 0 Å². The number of ether oxygens (including phenoxy) is 1. The monoisotopic (exact) mass is 282 g/mol. The molecule has 2 N–H and O–H groups in total. The number of rotatable bonds is 2. The van der Waals surface area contributed by atoms with E-state index in [0.717, 1.165) is 19.3 Å². The fraction of sp³-hybridized carbons (Fsp3) is 0.938. The number of carbonyl (C=O) groups is 1. The van der Waals surface area contributed by atoms with E-state index in [0.29, 0.717) is 31.5 Å². The van der Waals surface area contributed by atoms with Crippen LogP contribution < -0.4 is 5.73 Å². The van der Waals surface area contributed by atoms with Crippen molar-refractivity contribution < 1.29 is 9.53 Å². The molecule has 2 rings (SSSR count). The van der Waals surface area contributed by atoms with E-state index in [1.165, 1.54) is 6.42 Å². The van der Waals surface area contributed by atoms with Crippen LogP contribution in [0, 0.1) is 11.8 Å². The number of hydrogen-bond acceptors (Lipinski definition) is 3. The van der Waals surface area contributed by atoms with Crippen LogP contribution in [0.2, 0.25) is 0 Å². The van der Waals surface area contributed by atoms with E-state index in [9.17, 15) is 4.79 Å². The molecule has 0 aromatic heterocycles. The average Bonchev–Trinajstić information content (AvgIpc) is 2.34. The van der Waals surface area contributed by atoms with Crippen LogP contribution in [-0.2, 0) is 9.53 Å². The van der Waals surface area contributed by atoms with Crippen molar-refractivity contribution in [1.29, 1.82) is 0 Å². The van der Waals surface area contributed by atoms with Crippen molar-refractivity contribution in [2.24, 2.45) is 17.6 Å². The molecule has 1 saturated carbocycles. The molecule has 2 atom stereocenters. The highest BCUT2D eigenvalue weighted by Gasteiger charge is 2.42. The maximum absolute atomic E-state index is 12.9. The van der Waals surface area contributed by atoms with Crippen LogP contribution in [0.1, 0.15) is 53.4 Å². The van der Waals surface area contributed by atoms with Gasteiger partial charge in [-0.2, -0.15) is 0 Å². The number of nitrogens with two attached hydrogens (primary N) is 1. The van der Waals surface area contributed by atoms with E-state index in [1.54, 1.807) is 0 Å². The summed E-state index contributed by atoms with van der Waals surface area (Å²) in [6.45, 7) is 10.3. The molecular weight excluding hydrogens is 252 g/mol. The maximum Gasteiger partial charge on any atom is 0.226 e. The van der Waals surface area contributed by atoms with Crippen LogP contribution in [-0.4, -0.2) is 41.6 Å². The van der Waals surface area contributed by atoms with Gasteiger partial charge in [-0.3, -0.25) is 4.79 Å². The highest BCUT2D eigenvalue weighted by molar-refractivity contribution is 5.79. The number of nitrogens with zero attached hydrogens (tertiary/aromatic N) is 1. The maximum atomic E-state index is 12.9. The second-order valence-electron chi connectivity index (χ2n) is 7.70. The summed E-state index contributed by atoms with van der Waals surface area (Å²) in [5.74, 6) is 0.786. The normalized spacial score (nSPS) is 33.0. The Labute approximate surface area is 123 Å². The Bertz CT molecular complexity index is 349. The Morgan fingerprint density at radius 2 is 1.70 bits per heavy atom. The average molecular weight is 282 g/mol. The first-order chi connectivity index (χ1) is 9.24. The summed E-state index contributed by atoms with van der Waals surface area (Å²) >= 11 is 0. The second kappa shape index (κ2) is 5.64. The summed E-state index contributed by atoms with van der Waals surface area (Å²) in [5, 5.41) is 0. The predicted molar refractivity (Wildman–Crippen MR) is 80.3 cm³/mol. The number of morpholine rings is 1. The molecule has 2 aliphatic rings. The van der Waals surface area contributed by atoms with Gasteiger partial charge in [0.05, 0.1) is 11.2 Å². The summed E-state index contributed by atoms with van der Waals surface area (Å²) in [4.78, 5) is 14.9. The molecule has 1 aliphatic carbocycles. The minimum atomic E-state index is -0.274. The van der Waals surface area contributed by atoms with Gasteiger partial charge in [-0.15, -0.1) is 0 Å². The largest absolute Gasteiger partial charge is 0.366 e. The molecule has 1 amide bonds. The van der Waals surface area contributed by atoms with Crippen molar-refractivity contribution in [1.82, 2.24) is 4.90 Å². The highest BCUT2D eigenvalue weighted by atomic mass is 16.5. The van der Waals surface area contributed by atoms with Gasteiger partial charge < -0.3 is 15.4 Å². The first kappa shape index (κ1) is 15.8. The van der Waals surface area contributed by atoms with Gasteiger partial charge in [0.1, 0.15) is 0 Å². The summed E-state index contributed by atoms with van der Waals surface area (Å²) in [6, 6.07) is 0. The summed E-state index contributed by atoms with van der Waals surface area (Å²) in [6.07, 6.45) is 4.47. The highest BCUT2D eigenvalue weighted by Crippen LogP contribution is 2.34. The molecule has 20 heavy (non-hydrogen) atoms. The van der Waals surface area contributed by atoms with Crippen molar-refractivity contribution in [3.63, 3.8) is 0 Å². The fourth-order valence-electron chi connectivity index (χ4n) is 3.99. The Balaban J connectivity index is 2.11. The lowest BCUT2D eigenvalue weighted by molar-refractivity contribution is -0.191. The summed E-state index contributed by atoms with van der Waals surface area (Å²) in [5.41, 5.74) is 5.33. The predicted octanol–water partition coefficient (Wildman–Crippen LogP) is 2.17. The zero-order chi connectivity index (χ0) is 15.0. The third-order valence-electron chi connectivity index (χ3n) is 4.54. The molecule has 0 bridgehead atoms. The zero-order valence-corrected chi connectivity index (χ0v) is 13.4. The van der Waals surface area contributed by atoms with E-state index in [2.05, 4.69) is 27.7 Å². The number of hydrogen-bond donors (Lipinski definition) is 1. The Morgan fingerprint density at radius 3 is 2.25 bits per heavy atom. The topological polar surface area (TPSA) is 55.6 Å². The molecule has 1 saturated heterocycles. The third kappa shape index (κ3) is 3.53. The summed E-state index contributed by atoms with van der Waals surface area (Å²) < 4.78 is 6.06. The molecule has 1 aliphatic heterocycles. The lowest BCUT2D eigenvalue weighted by Crippen LogP contribution is -2.60. The first-order valence-electron chi connectivity index (χ1n) is 7.93. The Morgan fingerprint density at radius 1 is 1.15 bits per heavy atom. The van der Waals surface area contributed by atoms with Gasteiger partial charge in [-0.25, -0.2) is 0 Å². The van der Waals surface area contributed by atoms with E-state index < -0.39 is 0 Å². The van der Waals surface area contributed by atoms with Crippen LogP contribution in [0.5, 0.6) is 0 Å². The van der Waals surface area contributed by atoms with Gasteiger partial charge in [0.2, 0.25) is 5.91 Å². The van der Waals surface area contributed by atoms with Gasteiger partial charge in [-0.05, 0) is 53.0 Å². The molecule has 0 spiro atoms. The standard InChI is InChI=1S/C16H30N2O2/c1-15(2)10-18(11-16(3,4)20-15)14(19)13-8-6-5-7-12(13)9-17/h12-13H,5-11,17H2,1-4H3. The molecule has 1 heterocycles. The van der Waals surface area contributed by atoms with Crippen molar-refractivity contribution in [3.05, 3.63) is 0 Å². The number of amides is 1. The lowest BCUT2D eigenvalue weighted by Gasteiger charge is -2.48. The van der Waals surface area contributed by atoms with E-state index >= 15 is 0 Å². The lowest BCUT2D eigenvalue weighted by atomic mass is 9.78. The molecule has 0 aromatic carbocycles. The molecule has 2 fully saturated rings. The van der Waals surface area contributed by atoms with Crippen molar-refractivity contribution in [2.75, 3.05) is 19.6 Å². The fourth-order valence-corrected chi connectivity index (χ4v) is 3.99. The zero-order valence-electron chi connectivity index (χ0n) is 13.4. The third-order valence-corrected chi connectivity index (χ3v) is 4.54. The van der Waals surface area contributed by atoms with Crippen molar-refractivity contribution >= 4 is 5.91 Å². The second-order valence-corrected chi connectivity index (χ2v) is 7.70. The van der Waals surface area contributed by atoms with Gasteiger partial charge in [-0.1, -0.05) is 12.8 Å². The molecule has 0 radical (unpaired) electrons. The molecular formula is C16H30N2O2. The molecule has 116 valence electrons. The first-order valence-corrected chi connectivity index (χ1v) is 7.93.